The third kappa shape index (κ3) is 3.71. The number of hydrogen-bond donors (Lipinski definition) is 3. The van der Waals surface area contributed by atoms with E-state index in [-0.39, 0.29) is 29.8 Å². The van der Waals surface area contributed by atoms with Gasteiger partial charge in [0.2, 0.25) is 15.9 Å². The molecule has 1 saturated carbocycles. The van der Waals surface area contributed by atoms with E-state index in [0.717, 1.165) is 12.8 Å². The Morgan fingerprint density at radius 2 is 2.05 bits per heavy atom. The number of nitrogens with one attached hydrogen (secondary N) is 2. The summed E-state index contributed by atoms with van der Waals surface area (Å²) in [6, 6.07) is 4.75. The quantitative estimate of drug-likeness (QED) is 0.522. The Morgan fingerprint density at radius 1 is 1.35 bits per heavy atom. The fourth-order valence-electron chi connectivity index (χ4n) is 1.84. The standard InChI is InChI=1S/C13H19N3O3S/c1-9-2-5-11(14)8-12(9)20(18,19)16-7-6-15-13(17)10-3-4-10/h2,5,8,10,16H,3-4,6-7,14H2,1H3,(H,15,17). The Kier molecular flexibility index (Phi) is 4.29. The molecule has 1 amide bonds. The predicted octanol–water partition coefficient (Wildman–Crippen LogP) is 0.382. The number of aryl methyl sites for hydroxylation is 1. The number of carbonyl (C=O) groups is 1. The fourth-order valence-corrected chi connectivity index (χ4v) is 3.15. The van der Waals surface area contributed by atoms with Crippen LogP contribution < -0.4 is 15.8 Å². The molecule has 0 saturated heterocycles. The maximum Gasteiger partial charge on any atom is 0.240 e. The molecule has 0 aliphatic heterocycles. The summed E-state index contributed by atoms with van der Waals surface area (Å²) in [5.74, 6) is 0.132. The summed E-state index contributed by atoms with van der Waals surface area (Å²) in [4.78, 5) is 11.6. The van der Waals surface area contributed by atoms with E-state index < -0.39 is 10.0 Å². The van der Waals surface area contributed by atoms with Gasteiger partial charge >= 0.3 is 0 Å². The van der Waals surface area contributed by atoms with E-state index in [1.807, 2.05) is 0 Å². The number of rotatable bonds is 6. The van der Waals surface area contributed by atoms with Gasteiger partial charge in [0.1, 0.15) is 0 Å². The number of sulfonamides is 1. The first kappa shape index (κ1) is 14.8. The molecular weight excluding hydrogens is 278 g/mol. The Labute approximate surface area is 118 Å². The topological polar surface area (TPSA) is 101 Å². The summed E-state index contributed by atoms with van der Waals surface area (Å²) in [5.41, 5.74) is 6.64. The lowest BCUT2D eigenvalue weighted by Gasteiger charge is -2.10. The molecule has 1 fully saturated rings. The third-order valence-corrected chi connectivity index (χ3v) is 4.77. The average Bonchev–Trinajstić information content (AvgIpc) is 3.21. The first-order valence-electron chi connectivity index (χ1n) is 6.53. The maximum atomic E-state index is 12.1. The second kappa shape index (κ2) is 5.80. The van der Waals surface area contributed by atoms with Crippen LogP contribution in [0.25, 0.3) is 0 Å². The molecule has 0 atom stereocenters. The first-order valence-corrected chi connectivity index (χ1v) is 8.02. The molecule has 1 aromatic rings. The van der Waals surface area contributed by atoms with Gasteiger partial charge in [0.05, 0.1) is 4.90 Å². The Morgan fingerprint density at radius 3 is 2.70 bits per heavy atom. The fraction of sp³-hybridized carbons (Fsp3) is 0.462. The van der Waals surface area contributed by atoms with Crippen molar-refractivity contribution < 1.29 is 13.2 Å². The van der Waals surface area contributed by atoms with Gasteiger partial charge in [-0.25, -0.2) is 13.1 Å². The highest BCUT2D eigenvalue weighted by molar-refractivity contribution is 7.89. The van der Waals surface area contributed by atoms with Crippen molar-refractivity contribution in [3.05, 3.63) is 23.8 Å². The number of anilines is 1. The summed E-state index contributed by atoms with van der Waals surface area (Å²) < 4.78 is 26.7. The molecule has 0 unspecified atom stereocenters. The van der Waals surface area contributed by atoms with E-state index in [4.69, 9.17) is 5.73 Å². The lowest BCUT2D eigenvalue weighted by Crippen LogP contribution is -2.35. The van der Waals surface area contributed by atoms with Crippen molar-refractivity contribution in [2.45, 2.75) is 24.7 Å². The van der Waals surface area contributed by atoms with Crippen LogP contribution in [0.15, 0.2) is 23.1 Å². The van der Waals surface area contributed by atoms with Gasteiger partial charge < -0.3 is 11.1 Å². The zero-order chi connectivity index (χ0) is 14.8. The van der Waals surface area contributed by atoms with Crippen LogP contribution in [0.2, 0.25) is 0 Å². The molecule has 0 bridgehead atoms. The van der Waals surface area contributed by atoms with Crippen LogP contribution in [-0.4, -0.2) is 27.4 Å². The minimum atomic E-state index is -3.60. The van der Waals surface area contributed by atoms with Crippen LogP contribution in [0.1, 0.15) is 18.4 Å². The van der Waals surface area contributed by atoms with E-state index in [1.165, 1.54) is 6.07 Å². The monoisotopic (exact) mass is 297 g/mol. The molecule has 2 rings (SSSR count). The molecule has 20 heavy (non-hydrogen) atoms. The van der Waals surface area contributed by atoms with Gasteiger partial charge in [-0.2, -0.15) is 0 Å². The molecule has 110 valence electrons. The SMILES string of the molecule is Cc1ccc(N)cc1S(=O)(=O)NCCNC(=O)C1CC1. The van der Waals surface area contributed by atoms with Crippen molar-refractivity contribution in [2.75, 3.05) is 18.8 Å². The van der Waals surface area contributed by atoms with Crippen molar-refractivity contribution in [1.82, 2.24) is 10.0 Å². The minimum Gasteiger partial charge on any atom is -0.399 e. The molecule has 0 spiro atoms. The lowest BCUT2D eigenvalue weighted by atomic mass is 10.2. The van der Waals surface area contributed by atoms with E-state index in [0.29, 0.717) is 11.3 Å². The van der Waals surface area contributed by atoms with E-state index in [2.05, 4.69) is 10.0 Å². The molecule has 1 aliphatic rings. The van der Waals surface area contributed by atoms with Crippen molar-refractivity contribution in [3.8, 4) is 0 Å². The zero-order valence-corrected chi connectivity index (χ0v) is 12.2. The molecule has 0 radical (unpaired) electrons. The van der Waals surface area contributed by atoms with Crippen molar-refractivity contribution >= 4 is 21.6 Å². The van der Waals surface area contributed by atoms with Gasteiger partial charge in [-0.05, 0) is 37.5 Å². The van der Waals surface area contributed by atoms with Crippen LogP contribution in [0.3, 0.4) is 0 Å². The molecule has 0 heterocycles. The van der Waals surface area contributed by atoms with Crippen LogP contribution in [0, 0.1) is 12.8 Å². The number of nitrogen functional groups attached to an aromatic ring is 1. The number of nitrogens with two attached hydrogens (primary N) is 1. The molecule has 4 N–H and O–H groups in total. The molecular formula is C13H19N3O3S. The number of amides is 1. The van der Waals surface area contributed by atoms with E-state index in [9.17, 15) is 13.2 Å². The van der Waals surface area contributed by atoms with E-state index in [1.54, 1.807) is 19.1 Å². The molecule has 0 aromatic heterocycles. The largest absolute Gasteiger partial charge is 0.399 e. The summed E-state index contributed by atoms with van der Waals surface area (Å²) in [6.07, 6.45) is 1.86. The van der Waals surface area contributed by atoms with Crippen molar-refractivity contribution in [3.63, 3.8) is 0 Å². The number of carbonyl (C=O) groups excluding carboxylic acids is 1. The molecule has 6 nitrogen and oxygen atoms in total. The lowest BCUT2D eigenvalue weighted by molar-refractivity contribution is -0.122. The van der Waals surface area contributed by atoms with Crippen LogP contribution in [0.4, 0.5) is 5.69 Å². The highest BCUT2D eigenvalue weighted by atomic mass is 32.2. The Balaban J connectivity index is 1.90. The summed E-state index contributed by atoms with van der Waals surface area (Å²) in [5, 5.41) is 2.70. The smallest absolute Gasteiger partial charge is 0.240 e. The average molecular weight is 297 g/mol. The van der Waals surface area contributed by atoms with Crippen LogP contribution in [-0.2, 0) is 14.8 Å². The maximum absolute atomic E-state index is 12.1. The van der Waals surface area contributed by atoms with E-state index >= 15 is 0 Å². The molecule has 1 aliphatic carbocycles. The van der Waals surface area contributed by atoms with Gasteiger partial charge in [-0.15, -0.1) is 0 Å². The summed E-state index contributed by atoms with van der Waals surface area (Å²) in [7, 11) is -3.60. The molecule has 7 heteroatoms. The van der Waals surface area contributed by atoms with Gasteiger partial charge in [0, 0.05) is 24.7 Å². The minimum absolute atomic E-state index is 0.00401. The highest BCUT2D eigenvalue weighted by Gasteiger charge is 2.29. The van der Waals surface area contributed by atoms with Crippen molar-refractivity contribution in [1.29, 1.82) is 0 Å². The molecule has 1 aromatic carbocycles. The van der Waals surface area contributed by atoms with Crippen molar-refractivity contribution in [2.24, 2.45) is 5.92 Å². The van der Waals surface area contributed by atoms with Crippen LogP contribution >= 0.6 is 0 Å². The van der Waals surface area contributed by atoms with Gasteiger partial charge in [-0.3, -0.25) is 4.79 Å². The van der Waals surface area contributed by atoms with Gasteiger partial charge in [-0.1, -0.05) is 6.07 Å². The second-order valence-electron chi connectivity index (χ2n) is 4.99. The Bertz CT molecular complexity index is 609. The normalized spacial score (nSPS) is 15.1. The third-order valence-electron chi connectivity index (χ3n) is 3.17. The van der Waals surface area contributed by atoms with Gasteiger partial charge in [0.15, 0.2) is 0 Å². The highest BCUT2D eigenvalue weighted by Crippen LogP contribution is 2.28. The Hall–Kier alpha value is -1.60. The summed E-state index contributed by atoms with van der Waals surface area (Å²) in [6.45, 7) is 2.16. The predicted molar refractivity (Wildman–Crippen MR) is 76.5 cm³/mol. The second-order valence-corrected chi connectivity index (χ2v) is 6.72. The first-order chi connectivity index (χ1) is 9.40. The summed E-state index contributed by atoms with van der Waals surface area (Å²) >= 11 is 0. The zero-order valence-electron chi connectivity index (χ0n) is 11.3. The van der Waals surface area contributed by atoms with Crippen LogP contribution in [0.5, 0.6) is 0 Å². The van der Waals surface area contributed by atoms with Gasteiger partial charge in [0.25, 0.3) is 0 Å². The number of benzene rings is 1. The number of hydrogen-bond acceptors (Lipinski definition) is 4.